The van der Waals surface area contributed by atoms with E-state index in [0.717, 1.165) is 12.8 Å². The van der Waals surface area contributed by atoms with Gasteiger partial charge in [0.2, 0.25) is 0 Å². The van der Waals surface area contributed by atoms with Crippen molar-refractivity contribution in [2.75, 3.05) is 20.1 Å². The molecule has 0 aromatic carbocycles. The van der Waals surface area contributed by atoms with E-state index in [-0.39, 0.29) is 0 Å². The molecule has 2 atom stereocenters. The maximum Gasteiger partial charge on any atom is 0.324 e. The van der Waals surface area contributed by atoms with Crippen molar-refractivity contribution in [1.29, 1.82) is 0 Å². The van der Waals surface area contributed by atoms with E-state index < -0.39 is 11.5 Å². The second kappa shape index (κ2) is 6.86. The Morgan fingerprint density at radius 2 is 2.06 bits per heavy atom. The maximum atomic E-state index is 11.2. The summed E-state index contributed by atoms with van der Waals surface area (Å²) in [5.41, 5.74) is -0.856. The molecule has 0 rings (SSSR count). The summed E-state index contributed by atoms with van der Waals surface area (Å²) in [6.07, 6.45) is 2.22. The fourth-order valence-corrected chi connectivity index (χ4v) is 1.88. The zero-order valence-electron chi connectivity index (χ0n) is 11.2. The first-order valence-corrected chi connectivity index (χ1v) is 6.06. The quantitative estimate of drug-likeness (QED) is 0.664. The van der Waals surface area contributed by atoms with Gasteiger partial charge in [0.15, 0.2) is 0 Å². The van der Waals surface area contributed by atoms with Crippen molar-refractivity contribution < 1.29 is 9.90 Å². The molecule has 0 saturated carbocycles. The third kappa shape index (κ3) is 4.49. The van der Waals surface area contributed by atoms with E-state index in [2.05, 4.69) is 24.1 Å². The van der Waals surface area contributed by atoms with Gasteiger partial charge in [0.25, 0.3) is 0 Å². The molecule has 0 aliphatic carbocycles. The average Bonchev–Trinajstić information content (AvgIpc) is 2.18. The fraction of sp³-hybridized carbons (Fsp3) is 0.917. The average molecular weight is 230 g/mol. The number of carboxylic acid groups (broad SMARTS) is 1. The van der Waals surface area contributed by atoms with Gasteiger partial charge in [-0.15, -0.1) is 0 Å². The van der Waals surface area contributed by atoms with E-state index in [0.29, 0.717) is 19.1 Å². The van der Waals surface area contributed by atoms with Gasteiger partial charge in [-0.05, 0) is 33.9 Å². The molecule has 0 radical (unpaired) electrons. The standard InChI is InChI=1S/C12H26N2O2/c1-6-8-10(3)14(5)9-12(4,11(15)16)13-7-2/h10,13H,6-9H2,1-5H3,(H,15,16). The van der Waals surface area contributed by atoms with E-state index in [1.807, 2.05) is 14.0 Å². The summed E-state index contributed by atoms with van der Waals surface area (Å²) in [6, 6.07) is 0.419. The molecule has 0 aromatic heterocycles. The van der Waals surface area contributed by atoms with Crippen LogP contribution < -0.4 is 5.32 Å². The van der Waals surface area contributed by atoms with Crippen molar-refractivity contribution in [2.24, 2.45) is 0 Å². The van der Waals surface area contributed by atoms with Crippen molar-refractivity contribution in [1.82, 2.24) is 10.2 Å². The van der Waals surface area contributed by atoms with Crippen LogP contribution in [-0.4, -0.2) is 47.7 Å². The Bertz CT molecular complexity index is 221. The van der Waals surface area contributed by atoms with Crippen LogP contribution in [0.5, 0.6) is 0 Å². The van der Waals surface area contributed by atoms with Gasteiger partial charge in [-0.3, -0.25) is 4.79 Å². The number of carboxylic acids is 1. The lowest BCUT2D eigenvalue weighted by Gasteiger charge is -2.34. The molecule has 4 heteroatoms. The molecule has 0 heterocycles. The van der Waals surface area contributed by atoms with Gasteiger partial charge in [0.05, 0.1) is 0 Å². The minimum atomic E-state index is -0.856. The molecular weight excluding hydrogens is 204 g/mol. The van der Waals surface area contributed by atoms with Crippen molar-refractivity contribution in [3.8, 4) is 0 Å². The van der Waals surface area contributed by atoms with Gasteiger partial charge in [-0.1, -0.05) is 20.3 Å². The molecule has 0 spiro atoms. The van der Waals surface area contributed by atoms with Crippen LogP contribution in [0.4, 0.5) is 0 Å². The third-order valence-electron chi connectivity index (χ3n) is 3.06. The molecule has 0 bridgehead atoms. The molecule has 2 N–H and O–H groups in total. The third-order valence-corrected chi connectivity index (χ3v) is 3.06. The van der Waals surface area contributed by atoms with Crippen molar-refractivity contribution >= 4 is 5.97 Å². The Morgan fingerprint density at radius 1 is 1.50 bits per heavy atom. The predicted octanol–water partition coefficient (Wildman–Crippen LogP) is 1.56. The Hall–Kier alpha value is -0.610. The Labute approximate surface area is 99.0 Å². The summed E-state index contributed by atoms with van der Waals surface area (Å²) in [7, 11) is 1.98. The Balaban J connectivity index is 4.45. The van der Waals surface area contributed by atoms with Crippen molar-refractivity contribution in [3.05, 3.63) is 0 Å². The van der Waals surface area contributed by atoms with Gasteiger partial charge in [-0.2, -0.15) is 0 Å². The predicted molar refractivity (Wildman–Crippen MR) is 66.7 cm³/mol. The monoisotopic (exact) mass is 230 g/mol. The van der Waals surface area contributed by atoms with E-state index in [4.69, 9.17) is 0 Å². The molecule has 16 heavy (non-hydrogen) atoms. The largest absolute Gasteiger partial charge is 0.480 e. The smallest absolute Gasteiger partial charge is 0.324 e. The number of carbonyl (C=O) groups is 1. The zero-order chi connectivity index (χ0) is 12.8. The first-order valence-electron chi connectivity index (χ1n) is 6.06. The number of hydrogen-bond donors (Lipinski definition) is 2. The molecule has 2 unspecified atom stereocenters. The number of aliphatic carboxylic acids is 1. The van der Waals surface area contributed by atoms with Crippen molar-refractivity contribution in [2.45, 2.75) is 52.1 Å². The number of likely N-dealkylation sites (N-methyl/N-ethyl adjacent to an activating group) is 2. The van der Waals surface area contributed by atoms with Crippen molar-refractivity contribution in [3.63, 3.8) is 0 Å². The van der Waals surface area contributed by atoms with Crippen LogP contribution in [0.3, 0.4) is 0 Å². The van der Waals surface area contributed by atoms with E-state index in [1.54, 1.807) is 6.92 Å². The molecule has 0 aliphatic rings. The van der Waals surface area contributed by atoms with E-state index in [9.17, 15) is 9.90 Å². The van der Waals surface area contributed by atoms with Crippen LogP contribution in [0.25, 0.3) is 0 Å². The highest BCUT2D eigenvalue weighted by Gasteiger charge is 2.34. The first kappa shape index (κ1) is 15.4. The molecular formula is C12H26N2O2. The van der Waals surface area contributed by atoms with Gasteiger partial charge >= 0.3 is 5.97 Å². The van der Waals surface area contributed by atoms with Crippen LogP contribution in [0.1, 0.15) is 40.5 Å². The number of rotatable bonds is 8. The highest BCUT2D eigenvalue weighted by molar-refractivity contribution is 5.78. The Morgan fingerprint density at radius 3 is 2.44 bits per heavy atom. The van der Waals surface area contributed by atoms with E-state index in [1.165, 1.54) is 0 Å². The topological polar surface area (TPSA) is 52.6 Å². The number of hydrogen-bond acceptors (Lipinski definition) is 3. The highest BCUT2D eigenvalue weighted by Crippen LogP contribution is 2.11. The normalized spacial score (nSPS) is 17.1. The lowest BCUT2D eigenvalue weighted by atomic mass is 10.0. The summed E-state index contributed by atoms with van der Waals surface area (Å²) in [6.45, 7) is 9.14. The minimum Gasteiger partial charge on any atom is -0.480 e. The Kier molecular flexibility index (Phi) is 6.60. The number of nitrogens with one attached hydrogen (secondary N) is 1. The molecule has 0 aliphatic heterocycles. The second-order valence-corrected chi connectivity index (χ2v) is 4.72. The minimum absolute atomic E-state index is 0.419. The van der Waals surface area contributed by atoms with Crippen LogP contribution >= 0.6 is 0 Å². The summed E-state index contributed by atoms with van der Waals surface area (Å²) < 4.78 is 0. The van der Waals surface area contributed by atoms with Gasteiger partial charge in [0, 0.05) is 12.6 Å². The SMILES string of the molecule is CCCC(C)N(C)CC(C)(NCC)C(=O)O. The molecule has 0 aromatic rings. The lowest BCUT2D eigenvalue weighted by Crippen LogP contribution is -2.57. The molecule has 0 saturated heterocycles. The first-order chi connectivity index (χ1) is 7.37. The molecule has 0 fully saturated rings. The second-order valence-electron chi connectivity index (χ2n) is 4.72. The van der Waals surface area contributed by atoms with Gasteiger partial charge in [0.1, 0.15) is 5.54 Å². The summed E-state index contributed by atoms with van der Waals surface area (Å²) >= 11 is 0. The summed E-state index contributed by atoms with van der Waals surface area (Å²) in [5.74, 6) is -0.787. The van der Waals surface area contributed by atoms with Crippen LogP contribution in [0, 0.1) is 0 Å². The van der Waals surface area contributed by atoms with Crippen LogP contribution in [-0.2, 0) is 4.79 Å². The number of nitrogens with zero attached hydrogens (tertiary/aromatic N) is 1. The summed E-state index contributed by atoms with van der Waals surface area (Å²) in [4.78, 5) is 13.3. The lowest BCUT2D eigenvalue weighted by molar-refractivity contribution is -0.145. The van der Waals surface area contributed by atoms with Gasteiger partial charge < -0.3 is 15.3 Å². The zero-order valence-corrected chi connectivity index (χ0v) is 11.2. The fourth-order valence-electron chi connectivity index (χ4n) is 1.88. The molecule has 0 amide bonds. The van der Waals surface area contributed by atoms with Crippen LogP contribution in [0.15, 0.2) is 0 Å². The van der Waals surface area contributed by atoms with Gasteiger partial charge in [-0.25, -0.2) is 0 Å². The molecule has 96 valence electrons. The van der Waals surface area contributed by atoms with E-state index >= 15 is 0 Å². The maximum absolute atomic E-state index is 11.2. The highest BCUT2D eigenvalue weighted by atomic mass is 16.4. The summed E-state index contributed by atoms with van der Waals surface area (Å²) in [5, 5.41) is 12.3. The van der Waals surface area contributed by atoms with Crippen LogP contribution in [0.2, 0.25) is 0 Å². The molecule has 4 nitrogen and oxygen atoms in total.